The predicted octanol–water partition coefficient (Wildman–Crippen LogP) is 2.66. The van der Waals surface area contributed by atoms with Gasteiger partial charge in [-0.2, -0.15) is 5.10 Å². The normalized spacial score (nSPS) is 17.4. The van der Waals surface area contributed by atoms with Crippen molar-refractivity contribution in [1.82, 2.24) is 14.7 Å². The molecular weight excluding hydrogens is 318 g/mol. The van der Waals surface area contributed by atoms with Gasteiger partial charge in [0.1, 0.15) is 6.04 Å². The molecule has 3 rings (SSSR count). The first kappa shape index (κ1) is 17.2. The van der Waals surface area contributed by atoms with Crippen molar-refractivity contribution in [3.63, 3.8) is 0 Å². The fourth-order valence-corrected chi connectivity index (χ4v) is 3.36. The molecule has 6 heteroatoms. The number of carbonyl (C=O) groups is 2. The van der Waals surface area contributed by atoms with Crippen molar-refractivity contribution in [3.05, 3.63) is 47.3 Å². The van der Waals surface area contributed by atoms with Crippen LogP contribution in [0.1, 0.15) is 41.0 Å². The molecule has 0 radical (unpaired) electrons. The maximum absolute atomic E-state index is 12.8. The lowest BCUT2D eigenvalue weighted by Gasteiger charge is -2.33. The lowest BCUT2D eigenvalue weighted by atomic mass is 10.0. The molecule has 1 saturated heterocycles. The molecule has 1 aromatic heterocycles. The van der Waals surface area contributed by atoms with E-state index in [4.69, 9.17) is 4.74 Å². The highest BCUT2D eigenvalue weighted by atomic mass is 16.5. The molecule has 0 aliphatic carbocycles. The summed E-state index contributed by atoms with van der Waals surface area (Å²) < 4.78 is 6.70. The highest BCUT2D eigenvalue weighted by Gasteiger charge is 2.33. The highest BCUT2D eigenvalue weighted by molar-refractivity contribution is 5.97. The molecule has 1 amide bonds. The molecule has 1 atom stereocenters. The Kier molecular flexibility index (Phi) is 4.88. The number of amides is 1. The average Bonchev–Trinajstić information content (AvgIpc) is 2.98. The molecule has 1 fully saturated rings. The van der Waals surface area contributed by atoms with E-state index in [-0.39, 0.29) is 11.9 Å². The quantitative estimate of drug-likeness (QED) is 0.805. The zero-order chi connectivity index (χ0) is 18.0. The predicted molar refractivity (Wildman–Crippen MR) is 93.7 cm³/mol. The second-order valence-corrected chi connectivity index (χ2v) is 6.42. The number of methoxy groups -OCH3 is 1. The zero-order valence-electron chi connectivity index (χ0n) is 14.9. The number of likely N-dealkylation sites (tertiary alicyclic amines) is 1. The van der Waals surface area contributed by atoms with E-state index >= 15 is 0 Å². The molecule has 2 aromatic rings. The Morgan fingerprint density at radius 3 is 2.48 bits per heavy atom. The molecule has 2 heterocycles. The number of hydrogen-bond acceptors (Lipinski definition) is 4. The third-order valence-corrected chi connectivity index (χ3v) is 4.61. The smallest absolute Gasteiger partial charge is 0.328 e. The van der Waals surface area contributed by atoms with Gasteiger partial charge in [-0.1, -0.05) is 0 Å². The number of benzene rings is 1. The topological polar surface area (TPSA) is 64.4 Å². The molecule has 0 N–H and O–H groups in total. The van der Waals surface area contributed by atoms with E-state index in [0.717, 1.165) is 29.9 Å². The van der Waals surface area contributed by atoms with Crippen LogP contribution in [-0.4, -0.2) is 46.3 Å². The SMILES string of the molecule is COC(=O)C1CCCCN1C(=O)c1ccc(-n2nc(C)cc2C)cc1. The minimum atomic E-state index is -0.484. The van der Waals surface area contributed by atoms with Crippen LogP contribution in [0.2, 0.25) is 0 Å². The van der Waals surface area contributed by atoms with E-state index in [2.05, 4.69) is 5.10 Å². The van der Waals surface area contributed by atoms with Crippen molar-refractivity contribution < 1.29 is 14.3 Å². The van der Waals surface area contributed by atoms with Crippen LogP contribution in [0.15, 0.2) is 30.3 Å². The Bertz CT molecular complexity index is 780. The Labute approximate surface area is 147 Å². The van der Waals surface area contributed by atoms with Gasteiger partial charge >= 0.3 is 5.97 Å². The number of aryl methyl sites for hydroxylation is 2. The van der Waals surface area contributed by atoms with E-state index < -0.39 is 6.04 Å². The second-order valence-electron chi connectivity index (χ2n) is 6.42. The molecular formula is C19H23N3O3. The van der Waals surface area contributed by atoms with Gasteiger partial charge in [0, 0.05) is 17.8 Å². The summed E-state index contributed by atoms with van der Waals surface area (Å²) in [5, 5.41) is 4.45. The molecule has 0 bridgehead atoms. The van der Waals surface area contributed by atoms with Crippen molar-refractivity contribution in [2.45, 2.75) is 39.2 Å². The number of piperidine rings is 1. The van der Waals surface area contributed by atoms with Crippen LogP contribution in [0.25, 0.3) is 5.69 Å². The molecule has 25 heavy (non-hydrogen) atoms. The summed E-state index contributed by atoms with van der Waals surface area (Å²) in [7, 11) is 1.36. The Balaban J connectivity index is 1.82. The first-order chi connectivity index (χ1) is 12.0. The van der Waals surface area contributed by atoms with Crippen molar-refractivity contribution >= 4 is 11.9 Å². The van der Waals surface area contributed by atoms with Gasteiger partial charge in [0.05, 0.1) is 18.5 Å². The first-order valence-corrected chi connectivity index (χ1v) is 8.54. The summed E-state index contributed by atoms with van der Waals surface area (Å²) in [4.78, 5) is 26.4. The molecule has 1 unspecified atom stereocenters. The minimum absolute atomic E-state index is 0.130. The third-order valence-electron chi connectivity index (χ3n) is 4.61. The average molecular weight is 341 g/mol. The molecule has 0 saturated carbocycles. The van der Waals surface area contributed by atoms with E-state index in [0.29, 0.717) is 18.5 Å². The summed E-state index contributed by atoms with van der Waals surface area (Å²) >= 11 is 0. The maximum atomic E-state index is 12.8. The lowest BCUT2D eigenvalue weighted by Crippen LogP contribution is -2.48. The number of ether oxygens (including phenoxy) is 1. The number of hydrogen-bond donors (Lipinski definition) is 0. The number of nitrogens with zero attached hydrogens (tertiary/aromatic N) is 3. The summed E-state index contributed by atoms with van der Waals surface area (Å²) in [5.41, 5.74) is 3.47. The van der Waals surface area contributed by atoms with Gasteiger partial charge < -0.3 is 9.64 Å². The van der Waals surface area contributed by atoms with Crippen molar-refractivity contribution in [2.75, 3.05) is 13.7 Å². The van der Waals surface area contributed by atoms with E-state index in [9.17, 15) is 9.59 Å². The maximum Gasteiger partial charge on any atom is 0.328 e. The van der Waals surface area contributed by atoms with Gasteiger partial charge in [-0.15, -0.1) is 0 Å². The van der Waals surface area contributed by atoms with Crippen LogP contribution >= 0.6 is 0 Å². The summed E-state index contributed by atoms with van der Waals surface area (Å²) in [6.45, 7) is 4.52. The van der Waals surface area contributed by atoms with Crippen LogP contribution in [0.5, 0.6) is 0 Å². The van der Waals surface area contributed by atoms with E-state index in [1.165, 1.54) is 7.11 Å². The number of rotatable bonds is 3. The van der Waals surface area contributed by atoms with Crippen LogP contribution in [-0.2, 0) is 9.53 Å². The van der Waals surface area contributed by atoms with Crippen molar-refractivity contribution in [3.8, 4) is 5.69 Å². The second kappa shape index (κ2) is 7.09. The van der Waals surface area contributed by atoms with Crippen LogP contribution in [0, 0.1) is 13.8 Å². The van der Waals surface area contributed by atoms with E-state index in [1.807, 2.05) is 36.7 Å². The molecule has 132 valence electrons. The van der Waals surface area contributed by atoms with Crippen molar-refractivity contribution in [2.24, 2.45) is 0 Å². The fourth-order valence-electron chi connectivity index (χ4n) is 3.36. The third kappa shape index (κ3) is 3.43. The number of esters is 1. The van der Waals surface area contributed by atoms with Gasteiger partial charge in [-0.05, 0) is 63.4 Å². The molecule has 1 aliphatic rings. The zero-order valence-corrected chi connectivity index (χ0v) is 14.9. The molecule has 0 spiro atoms. The monoisotopic (exact) mass is 341 g/mol. The Morgan fingerprint density at radius 1 is 1.16 bits per heavy atom. The molecule has 6 nitrogen and oxygen atoms in total. The summed E-state index contributed by atoms with van der Waals surface area (Å²) in [6, 6.07) is 8.86. The van der Waals surface area contributed by atoms with Crippen molar-refractivity contribution in [1.29, 1.82) is 0 Å². The fraction of sp³-hybridized carbons (Fsp3) is 0.421. The largest absolute Gasteiger partial charge is 0.467 e. The van der Waals surface area contributed by atoms with E-state index in [1.54, 1.807) is 17.0 Å². The minimum Gasteiger partial charge on any atom is -0.467 e. The first-order valence-electron chi connectivity index (χ1n) is 8.54. The molecule has 1 aliphatic heterocycles. The van der Waals surface area contributed by atoms with Crippen LogP contribution in [0.3, 0.4) is 0 Å². The van der Waals surface area contributed by atoms with Gasteiger partial charge in [0.2, 0.25) is 0 Å². The van der Waals surface area contributed by atoms with Crippen LogP contribution in [0.4, 0.5) is 0 Å². The summed E-state index contributed by atoms with van der Waals surface area (Å²) in [6.07, 6.45) is 2.49. The number of aromatic nitrogens is 2. The summed E-state index contributed by atoms with van der Waals surface area (Å²) in [5.74, 6) is -0.470. The van der Waals surface area contributed by atoms with Gasteiger partial charge in [0.15, 0.2) is 0 Å². The number of carbonyl (C=O) groups excluding carboxylic acids is 2. The van der Waals surface area contributed by atoms with Gasteiger partial charge in [-0.25, -0.2) is 9.48 Å². The van der Waals surface area contributed by atoms with Gasteiger partial charge in [-0.3, -0.25) is 4.79 Å². The molecule has 1 aromatic carbocycles. The van der Waals surface area contributed by atoms with Gasteiger partial charge in [0.25, 0.3) is 5.91 Å². The Morgan fingerprint density at radius 2 is 1.88 bits per heavy atom. The Hall–Kier alpha value is -2.63. The lowest BCUT2D eigenvalue weighted by molar-refractivity contribution is -0.147. The standard InChI is InChI=1S/C19H23N3O3/c1-13-12-14(2)22(20-13)16-9-7-15(8-10-16)18(23)21-11-5-4-6-17(21)19(24)25-3/h7-10,12,17H,4-6,11H2,1-3H3. The highest BCUT2D eigenvalue weighted by Crippen LogP contribution is 2.21. The van der Waals surface area contributed by atoms with Crippen LogP contribution < -0.4 is 0 Å².